The van der Waals surface area contributed by atoms with Gasteiger partial charge in [0.05, 0.1) is 23.8 Å². The van der Waals surface area contributed by atoms with Crippen molar-refractivity contribution in [3.8, 4) is 5.75 Å². The monoisotopic (exact) mass is 650 g/mol. The zero-order chi connectivity index (χ0) is 32.1. The van der Waals surface area contributed by atoms with Crippen LogP contribution >= 0.6 is 0 Å². The molecule has 240 valence electrons. The van der Waals surface area contributed by atoms with Gasteiger partial charge in [0, 0.05) is 32.6 Å². The molecule has 4 rings (SSSR count). The van der Waals surface area contributed by atoms with Crippen molar-refractivity contribution < 1.29 is 40.7 Å². The van der Waals surface area contributed by atoms with Crippen LogP contribution in [0.3, 0.4) is 0 Å². The number of hydrogen-bond donors (Lipinski definition) is 1. The molecule has 0 aromatic heterocycles. The highest BCUT2D eigenvalue weighted by atomic mass is 32.2. The molecule has 2 aromatic carbocycles. The van der Waals surface area contributed by atoms with Crippen molar-refractivity contribution in [1.82, 2.24) is 18.8 Å². The van der Waals surface area contributed by atoms with Crippen molar-refractivity contribution in [2.45, 2.75) is 50.1 Å². The minimum Gasteiger partial charge on any atom is -0.464 e. The molecular formula is C29H38N4O9S2. The van der Waals surface area contributed by atoms with E-state index < -0.39 is 50.1 Å². The number of nitrogens with one attached hydrogen (secondary N) is 1. The first-order chi connectivity index (χ1) is 20.8. The summed E-state index contributed by atoms with van der Waals surface area (Å²) in [5.74, 6) is -1.40. The van der Waals surface area contributed by atoms with E-state index in [1.54, 1.807) is 31.2 Å². The standard InChI is InChI=1S/C29H38N4O9S2/c1-4-41-28(35)26(33(27(34)25-6-5-15-30-25)44(39,40)24-13-7-21(2)8-14-24)20-22-9-11-23(12-10-22)42-29(36)31-16-18-32(19-17-31)43(3,37)38/h7-14,25-26,30H,4-6,15-20H2,1-3H3/t25-,26-/m0/s1. The van der Waals surface area contributed by atoms with E-state index in [4.69, 9.17) is 9.47 Å². The van der Waals surface area contributed by atoms with Crippen LogP contribution in [0.15, 0.2) is 53.4 Å². The number of hydrogen-bond acceptors (Lipinski definition) is 10. The van der Waals surface area contributed by atoms with Crippen molar-refractivity contribution in [2.24, 2.45) is 0 Å². The summed E-state index contributed by atoms with van der Waals surface area (Å²) in [6, 6.07) is 9.94. The minimum atomic E-state index is -4.46. The van der Waals surface area contributed by atoms with Crippen LogP contribution in [0.4, 0.5) is 4.79 Å². The molecule has 15 heteroatoms. The first-order valence-corrected chi connectivity index (χ1v) is 17.7. The molecule has 2 fully saturated rings. The molecule has 44 heavy (non-hydrogen) atoms. The summed E-state index contributed by atoms with van der Waals surface area (Å²) in [5, 5.41) is 3.03. The van der Waals surface area contributed by atoms with Gasteiger partial charge in [-0.3, -0.25) is 4.79 Å². The maximum atomic E-state index is 14.0. The molecule has 0 aliphatic carbocycles. The van der Waals surface area contributed by atoms with Crippen molar-refractivity contribution in [2.75, 3.05) is 45.6 Å². The Labute approximate surface area is 258 Å². The second kappa shape index (κ2) is 14.1. The quantitative estimate of drug-likeness (QED) is 0.374. The molecule has 0 radical (unpaired) electrons. The number of esters is 1. The van der Waals surface area contributed by atoms with E-state index >= 15 is 0 Å². The molecule has 2 atom stereocenters. The Bertz CT molecular complexity index is 1550. The lowest BCUT2D eigenvalue weighted by atomic mass is 10.0. The molecule has 1 N–H and O–H groups in total. The van der Waals surface area contributed by atoms with Crippen LogP contribution in [0.5, 0.6) is 5.75 Å². The third-order valence-electron chi connectivity index (χ3n) is 7.52. The summed E-state index contributed by atoms with van der Waals surface area (Å²) >= 11 is 0. The van der Waals surface area contributed by atoms with Crippen LogP contribution in [0.1, 0.15) is 30.9 Å². The average molecular weight is 651 g/mol. The van der Waals surface area contributed by atoms with Crippen LogP contribution in [0, 0.1) is 6.92 Å². The Kier molecular flexibility index (Phi) is 10.7. The first-order valence-electron chi connectivity index (χ1n) is 14.4. The SMILES string of the molecule is CCOC(=O)[C@H](Cc1ccc(OC(=O)N2CCN(S(C)(=O)=O)CC2)cc1)N(C(=O)[C@@H]1CCCN1)S(=O)(=O)c1ccc(C)cc1. The summed E-state index contributed by atoms with van der Waals surface area (Å²) in [6.45, 7) is 4.63. The molecule has 0 saturated carbocycles. The third-order valence-corrected chi connectivity index (χ3v) is 10.6. The number of carbonyl (C=O) groups excluding carboxylic acids is 3. The van der Waals surface area contributed by atoms with E-state index in [1.807, 2.05) is 6.92 Å². The largest absolute Gasteiger partial charge is 0.464 e. The number of amides is 2. The molecule has 2 aliphatic rings. The van der Waals surface area contributed by atoms with Gasteiger partial charge in [-0.2, -0.15) is 4.31 Å². The summed E-state index contributed by atoms with van der Waals surface area (Å²) < 4.78 is 64.0. The van der Waals surface area contributed by atoms with E-state index in [0.29, 0.717) is 29.3 Å². The highest BCUT2D eigenvalue weighted by Gasteiger charge is 2.43. The zero-order valence-corrected chi connectivity index (χ0v) is 26.6. The fraction of sp³-hybridized carbons (Fsp3) is 0.483. The highest BCUT2D eigenvalue weighted by Crippen LogP contribution is 2.26. The molecule has 2 aromatic rings. The molecule has 0 unspecified atom stereocenters. The predicted octanol–water partition coefficient (Wildman–Crippen LogP) is 1.51. The van der Waals surface area contributed by atoms with Crippen LogP contribution in [-0.2, 0) is 40.8 Å². The van der Waals surface area contributed by atoms with Gasteiger partial charge in [0.1, 0.15) is 11.8 Å². The van der Waals surface area contributed by atoms with Gasteiger partial charge >= 0.3 is 12.1 Å². The molecule has 2 aliphatic heterocycles. The van der Waals surface area contributed by atoms with Gasteiger partial charge in [-0.1, -0.05) is 29.8 Å². The number of ether oxygens (including phenoxy) is 2. The summed E-state index contributed by atoms with van der Waals surface area (Å²) in [6.07, 6.45) is 1.42. The Morgan fingerprint density at radius 3 is 2.16 bits per heavy atom. The van der Waals surface area contributed by atoms with Crippen LogP contribution < -0.4 is 10.1 Å². The second-order valence-electron chi connectivity index (χ2n) is 10.7. The molecule has 0 spiro atoms. The Morgan fingerprint density at radius 1 is 0.977 bits per heavy atom. The fourth-order valence-electron chi connectivity index (χ4n) is 5.10. The second-order valence-corrected chi connectivity index (χ2v) is 14.5. The molecule has 0 bridgehead atoms. The average Bonchev–Trinajstić information content (AvgIpc) is 3.53. The summed E-state index contributed by atoms with van der Waals surface area (Å²) in [5.41, 5.74) is 1.33. The maximum absolute atomic E-state index is 14.0. The van der Waals surface area contributed by atoms with Crippen LogP contribution in [0.25, 0.3) is 0 Å². The van der Waals surface area contributed by atoms with Gasteiger partial charge in [-0.15, -0.1) is 0 Å². The topological polar surface area (TPSA) is 160 Å². The Balaban J connectivity index is 1.56. The van der Waals surface area contributed by atoms with Crippen molar-refractivity contribution in [1.29, 1.82) is 0 Å². The lowest BCUT2D eigenvalue weighted by Crippen LogP contribution is -2.55. The molecule has 13 nitrogen and oxygen atoms in total. The molecule has 2 heterocycles. The highest BCUT2D eigenvalue weighted by molar-refractivity contribution is 7.89. The van der Waals surface area contributed by atoms with Gasteiger partial charge in [0.25, 0.3) is 15.9 Å². The first kappa shape index (κ1) is 33.4. The van der Waals surface area contributed by atoms with Gasteiger partial charge in [-0.25, -0.2) is 30.7 Å². The molecule has 2 amide bonds. The fourth-order valence-corrected chi connectivity index (χ4v) is 7.49. The van der Waals surface area contributed by atoms with E-state index in [-0.39, 0.29) is 49.9 Å². The zero-order valence-electron chi connectivity index (χ0n) is 25.0. The number of rotatable bonds is 10. The molecule has 2 saturated heterocycles. The van der Waals surface area contributed by atoms with Gasteiger partial charge in [-0.05, 0) is 63.1 Å². The van der Waals surface area contributed by atoms with Gasteiger partial charge in [0.2, 0.25) is 10.0 Å². The van der Waals surface area contributed by atoms with Crippen molar-refractivity contribution in [3.05, 3.63) is 59.7 Å². The number of piperazine rings is 1. The van der Waals surface area contributed by atoms with Crippen LogP contribution in [-0.4, -0.2) is 106 Å². The predicted molar refractivity (Wildman–Crippen MR) is 161 cm³/mol. The summed E-state index contributed by atoms with van der Waals surface area (Å²) in [4.78, 5) is 41.0. The van der Waals surface area contributed by atoms with Crippen molar-refractivity contribution >= 4 is 38.0 Å². The van der Waals surface area contributed by atoms with Gasteiger partial charge < -0.3 is 19.7 Å². The van der Waals surface area contributed by atoms with Crippen LogP contribution in [0.2, 0.25) is 0 Å². The number of sulfonamides is 2. The number of nitrogens with zero attached hydrogens (tertiary/aromatic N) is 3. The van der Waals surface area contributed by atoms with E-state index in [0.717, 1.165) is 11.8 Å². The number of carbonyl (C=O) groups is 3. The van der Waals surface area contributed by atoms with Crippen molar-refractivity contribution in [3.63, 3.8) is 0 Å². The smallest absolute Gasteiger partial charge is 0.415 e. The normalized spacial score (nSPS) is 18.4. The number of aryl methyl sites for hydroxylation is 1. The Hall–Kier alpha value is -3.53. The van der Waals surface area contributed by atoms with E-state index in [1.165, 1.54) is 33.5 Å². The van der Waals surface area contributed by atoms with Gasteiger partial charge in [0.15, 0.2) is 0 Å². The lowest BCUT2D eigenvalue weighted by Gasteiger charge is -2.32. The number of benzene rings is 2. The molecular weight excluding hydrogens is 612 g/mol. The summed E-state index contributed by atoms with van der Waals surface area (Å²) in [7, 11) is -7.81. The third kappa shape index (κ3) is 7.94. The van der Waals surface area contributed by atoms with E-state index in [9.17, 15) is 31.2 Å². The van der Waals surface area contributed by atoms with E-state index in [2.05, 4.69) is 5.32 Å². The Morgan fingerprint density at radius 2 is 1.61 bits per heavy atom. The lowest BCUT2D eigenvalue weighted by molar-refractivity contribution is -0.151. The minimum absolute atomic E-state index is 0.0169. The maximum Gasteiger partial charge on any atom is 0.415 e.